The van der Waals surface area contributed by atoms with Gasteiger partial charge in [0.15, 0.2) is 0 Å². The van der Waals surface area contributed by atoms with Crippen molar-refractivity contribution in [1.29, 1.82) is 0 Å². The number of ether oxygens (including phenoxy) is 3. The summed E-state index contributed by atoms with van der Waals surface area (Å²) in [6.07, 6.45) is 0.0832. The molecule has 2 saturated heterocycles. The fraction of sp³-hybridized carbons (Fsp3) is 0.417. The standard InChI is InChI=1S/C24H26Cl2N2O5/c25-18-4-3-5-19(14-18)32-17-24(15-22(29)27-8-11-31-12-9-27)16-28(10-13-33-24)23(30)20-6-1-2-7-21(20)26/h1-7,14H,8-13,15-17H2. The summed E-state index contributed by atoms with van der Waals surface area (Å²) in [6.45, 7) is 3.06. The molecule has 7 nitrogen and oxygen atoms in total. The van der Waals surface area contributed by atoms with E-state index in [2.05, 4.69) is 0 Å². The first kappa shape index (κ1) is 23.8. The number of nitrogens with zero attached hydrogens (tertiary/aromatic N) is 2. The Labute approximate surface area is 203 Å². The lowest BCUT2D eigenvalue weighted by Crippen LogP contribution is -2.58. The molecule has 2 heterocycles. The zero-order valence-electron chi connectivity index (χ0n) is 18.2. The average molecular weight is 493 g/mol. The molecule has 2 amide bonds. The maximum Gasteiger partial charge on any atom is 0.255 e. The van der Waals surface area contributed by atoms with E-state index >= 15 is 0 Å². The maximum atomic E-state index is 13.2. The van der Waals surface area contributed by atoms with Crippen molar-refractivity contribution in [3.63, 3.8) is 0 Å². The van der Waals surface area contributed by atoms with Crippen LogP contribution in [0.15, 0.2) is 48.5 Å². The summed E-state index contributed by atoms with van der Waals surface area (Å²) in [4.78, 5) is 29.8. The van der Waals surface area contributed by atoms with Crippen LogP contribution in [0.3, 0.4) is 0 Å². The summed E-state index contributed by atoms with van der Waals surface area (Å²) in [7, 11) is 0. The zero-order valence-corrected chi connectivity index (χ0v) is 19.7. The van der Waals surface area contributed by atoms with Crippen molar-refractivity contribution in [3.8, 4) is 5.75 Å². The molecule has 2 aromatic rings. The van der Waals surface area contributed by atoms with Gasteiger partial charge in [-0.05, 0) is 30.3 Å². The highest BCUT2D eigenvalue weighted by Crippen LogP contribution is 2.28. The Morgan fingerprint density at radius 2 is 1.73 bits per heavy atom. The van der Waals surface area contributed by atoms with E-state index in [-0.39, 0.29) is 38.0 Å². The number of carbonyl (C=O) groups excluding carboxylic acids is 2. The van der Waals surface area contributed by atoms with Crippen molar-refractivity contribution in [2.45, 2.75) is 12.0 Å². The molecule has 0 aliphatic carbocycles. The first-order chi connectivity index (χ1) is 16.0. The number of hydrogen-bond acceptors (Lipinski definition) is 5. The third-order valence-electron chi connectivity index (χ3n) is 5.78. The minimum absolute atomic E-state index is 0.0555. The second-order valence-electron chi connectivity index (χ2n) is 8.15. The van der Waals surface area contributed by atoms with Gasteiger partial charge in [-0.3, -0.25) is 9.59 Å². The summed E-state index contributed by atoms with van der Waals surface area (Å²) >= 11 is 12.3. The molecule has 0 saturated carbocycles. The Hall–Kier alpha value is -2.32. The molecule has 4 rings (SSSR count). The fourth-order valence-electron chi connectivity index (χ4n) is 4.04. The van der Waals surface area contributed by atoms with Crippen LogP contribution >= 0.6 is 23.2 Å². The molecule has 1 unspecified atom stereocenters. The van der Waals surface area contributed by atoms with Gasteiger partial charge >= 0.3 is 0 Å². The van der Waals surface area contributed by atoms with Gasteiger partial charge in [0.05, 0.1) is 43.4 Å². The van der Waals surface area contributed by atoms with E-state index < -0.39 is 5.60 Å². The minimum atomic E-state index is -1.01. The fourth-order valence-corrected chi connectivity index (χ4v) is 4.44. The van der Waals surface area contributed by atoms with Crippen LogP contribution in [0.2, 0.25) is 10.0 Å². The maximum absolute atomic E-state index is 13.2. The van der Waals surface area contributed by atoms with Gasteiger partial charge in [0, 0.05) is 24.7 Å². The van der Waals surface area contributed by atoms with Gasteiger partial charge < -0.3 is 24.0 Å². The monoisotopic (exact) mass is 492 g/mol. The van der Waals surface area contributed by atoms with E-state index in [0.717, 1.165) is 0 Å². The highest BCUT2D eigenvalue weighted by molar-refractivity contribution is 6.33. The van der Waals surface area contributed by atoms with Gasteiger partial charge in [-0.25, -0.2) is 0 Å². The minimum Gasteiger partial charge on any atom is -0.490 e. The number of morpholine rings is 2. The Morgan fingerprint density at radius 3 is 2.48 bits per heavy atom. The van der Waals surface area contributed by atoms with Crippen LogP contribution in [-0.4, -0.2) is 79.8 Å². The normalized spacial score (nSPS) is 21.0. The van der Waals surface area contributed by atoms with E-state index in [1.807, 2.05) is 0 Å². The van der Waals surface area contributed by atoms with E-state index in [1.165, 1.54) is 0 Å². The largest absolute Gasteiger partial charge is 0.490 e. The van der Waals surface area contributed by atoms with Crippen molar-refractivity contribution in [1.82, 2.24) is 9.80 Å². The summed E-state index contributed by atoms with van der Waals surface area (Å²) in [5, 5.41) is 0.935. The molecule has 1 atom stereocenters. The molecule has 2 aliphatic rings. The Morgan fingerprint density at radius 1 is 0.970 bits per heavy atom. The molecule has 176 valence electrons. The zero-order chi connectivity index (χ0) is 23.3. The van der Waals surface area contributed by atoms with Crippen molar-refractivity contribution in [2.24, 2.45) is 0 Å². The predicted octanol–water partition coefficient (Wildman–Crippen LogP) is 3.53. The molecule has 2 aliphatic heterocycles. The SMILES string of the molecule is O=C(CC1(COc2cccc(Cl)c2)CN(C(=O)c2ccccc2Cl)CCO1)N1CCOCC1. The molecule has 0 bridgehead atoms. The quantitative estimate of drug-likeness (QED) is 0.616. The predicted molar refractivity (Wildman–Crippen MR) is 125 cm³/mol. The number of carbonyl (C=O) groups is 2. The van der Waals surface area contributed by atoms with Crippen molar-refractivity contribution in [3.05, 3.63) is 64.1 Å². The van der Waals surface area contributed by atoms with E-state index in [4.69, 9.17) is 37.4 Å². The first-order valence-electron chi connectivity index (χ1n) is 10.9. The lowest BCUT2D eigenvalue weighted by molar-refractivity contribution is -0.155. The molecular formula is C24H26Cl2N2O5. The van der Waals surface area contributed by atoms with E-state index in [1.54, 1.807) is 58.3 Å². The van der Waals surface area contributed by atoms with Gasteiger partial charge in [-0.15, -0.1) is 0 Å². The molecule has 0 radical (unpaired) electrons. The van der Waals surface area contributed by atoms with E-state index in [0.29, 0.717) is 54.2 Å². The van der Waals surface area contributed by atoms with Crippen LogP contribution in [0.1, 0.15) is 16.8 Å². The molecular weight excluding hydrogens is 467 g/mol. The lowest BCUT2D eigenvalue weighted by Gasteiger charge is -2.43. The van der Waals surface area contributed by atoms with Gasteiger partial charge in [-0.1, -0.05) is 41.4 Å². The number of amides is 2. The number of hydrogen-bond donors (Lipinski definition) is 0. The molecule has 0 aromatic heterocycles. The highest BCUT2D eigenvalue weighted by atomic mass is 35.5. The Bertz CT molecular complexity index is 998. The number of halogens is 2. The average Bonchev–Trinajstić information content (AvgIpc) is 2.83. The second-order valence-corrected chi connectivity index (χ2v) is 9.00. The molecule has 0 N–H and O–H groups in total. The van der Waals surface area contributed by atoms with Gasteiger partial charge in [-0.2, -0.15) is 0 Å². The van der Waals surface area contributed by atoms with Crippen LogP contribution in [0.25, 0.3) is 0 Å². The molecule has 9 heteroatoms. The summed E-state index contributed by atoms with van der Waals surface area (Å²) in [5.41, 5.74) is -0.586. The Kier molecular flexibility index (Phi) is 7.75. The van der Waals surface area contributed by atoms with Gasteiger partial charge in [0.1, 0.15) is 18.0 Å². The van der Waals surface area contributed by atoms with Gasteiger partial charge in [0.25, 0.3) is 5.91 Å². The molecule has 0 spiro atoms. The van der Waals surface area contributed by atoms with Crippen LogP contribution in [0.4, 0.5) is 0 Å². The number of benzene rings is 2. The third kappa shape index (κ3) is 5.98. The third-order valence-corrected chi connectivity index (χ3v) is 6.34. The summed E-state index contributed by atoms with van der Waals surface area (Å²) in [6, 6.07) is 14.0. The summed E-state index contributed by atoms with van der Waals surface area (Å²) in [5.74, 6) is 0.314. The first-order valence-corrected chi connectivity index (χ1v) is 11.6. The topological polar surface area (TPSA) is 68.3 Å². The summed E-state index contributed by atoms with van der Waals surface area (Å²) < 4.78 is 17.5. The van der Waals surface area contributed by atoms with Crippen LogP contribution in [0.5, 0.6) is 5.75 Å². The smallest absolute Gasteiger partial charge is 0.255 e. The van der Waals surface area contributed by atoms with Crippen LogP contribution in [-0.2, 0) is 14.3 Å². The number of rotatable bonds is 6. The van der Waals surface area contributed by atoms with Crippen molar-refractivity contribution >= 4 is 35.0 Å². The van der Waals surface area contributed by atoms with Crippen LogP contribution in [0, 0.1) is 0 Å². The molecule has 33 heavy (non-hydrogen) atoms. The molecule has 2 fully saturated rings. The second kappa shape index (κ2) is 10.7. The highest BCUT2D eigenvalue weighted by Gasteiger charge is 2.42. The van der Waals surface area contributed by atoms with Crippen molar-refractivity contribution in [2.75, 3.05) is 52.6 Å². The van der Waals surface area contributed by atoms with Crippen LogP contribution < -0.4 is 4.74 Å². The Balaban J connectivity index is 1.54. The van der Waals surface area contributed by atoms with Crippen molar-refractivity contribution < 1.29 is 23.8 Å². The van der Waals surface area contributed by atoms with E-state index in [9.17, 15) is 9.59 Å². The van der Waals surface area contributed by atoms with Gasteiger partial charge in [0.2, 0.25) is 5.91 Å². The lowest BCUT2D eigenvalue weighted by atomic mass is 9.96. The molecule has 2 aromatic carbocycles.